The number of rotatable bonds is 8. The molecular formula is C19H28N4O5. The number of carboxylic acids is 1. The molecule has 28 heavy (non-hydrogen) atoms. The highest BCUT2D eigenvalue weighted by molar-refractivity contribution is 5.84. The number of hydrogen-bond acceptors (Lipinski definition) is 6. The van der Waals surface area contributed by atoms with E-state index in [2.05, 4.69) is 20.8 Å². The van der Waals surface area contributed by atoms with Gasteiger partial charge in [0.05, 0.1) is 0 Å². The van der Waals surface area contributed by atoms with Crippen molar-refractivity contribution < 1.29 is 24.0 Å². The summed E-state index contributed by atoms with van der Waals surface area (Å²) in [5.41, 5.74) is -0.618. The molecule has 0 spiro atoms. The predicted molar refractivity (Wildman–Crippen MR) is 98.1 cm³/mol. The third-order valence-electron chi connectivity index (χ3n) is 5.51. The number of aromatic nitrogens is 2. The number of nitrogens with zero attached hydrogens (tertiary/aromatic N) is 2. The van der Waals surface area contributed by atoms with Crippen molar-refractivity contribution in [3.8, 4) is 0 Å². The molecule has 2 aliphatic rings. The van der Waals surface area contributed by atoms with Crippen LogP contribution in [0.1, 0.15) is 76.4 Å². The summed E-state index contributed by atoms with van der Waals surface area (Å²) in [5.74, 6) is -0.665. The third-order valence-corrected chi connectivity index (χ3v) is 5.51. The maximum Gasteiger partial charge on any atom is 0.326 e. The monoisotopic (exact) mass is 392 g/mol. The van der Waals surface area contributed by atoms with Gasteiger partial charge in [-0.3, -0.25) is 9.59 Å². The average Bonchev–Trinajstić information content (AvgIpc) is 3.40. The molecular weight excluding hydrogens is 364 g/mol. The van der Waals surface area contributed by atoms with Gasteiger partial charge in [-0.25, -0.2) is 4.79 Å². The fourth-order valence-corrected chi connectivity index (χ4v) is 3.90. The molecule has 1 aromatic rings. The maximum atomic E-state index is 12.1. The highest BCUT2D eigenvalue weighted by atomic mass is 16.5. The number of carbonyl (C=O) groups excluding carboxylic acids is 2. The number of aryl methyl sites for hydroxylation is 1. The summed E-state index contributed by atoms with van der Waals surface area (Å²) in [6.07, 6.45) is 7.65. The van der Waals surface area contributed by atoms with Crippen LogP contribution >= 0.6 is 0 Å². The van der Waals surface area contributed by atoms with Crippen molar-refractivity contribution in [3.63, 3.8) is 0 Å². The van der Waals surface area contributed by atoms with Crippen LogP contribution in [0.5, 0.6) is 0 Å². The van der Waals surface area contributed by atoms with Crippen LogP contribution in [0.2, 0.25) is 0 Å². The van der Waals surface area contributed by atoms with E-state index >= 15 is 0 Å². The molecule has 1 atom stereocenters. The largest absolute Gasteiger partial charge is 0.480 e. The average molecular weight is 392 g/mol. The molecule has 2 saturated carbocycles. The SMILES string of the molecule is CC(=O)NC1(c2noc(CCC(=O)NC(C(=O)O)C3CC3)n2)CCCCCC1. The van der Waals surface area contributed by atoms with Gasteiger partial charge in [0.15, 0.2) is 5.82 Å². The predicted octanol–water partition coefficient (Wildman–Crippen LogP) is 1.67. The number of hydrogen-bond donors (Lipinski definition) is 3. The van der Waals surface area contributed by atoms with E-state index in [4.69, 9.17) is 4.52 Å². The molecule has 0 aromatic carbocycles. The number of nitrogens with one attached hydrogen (secondary N) is 2. The highest BCUT2D eigenvalue weighted by Crippen LogP contribution is 2.35. The van der Waals surface area contributed by atoms with Crippen LogP contribution in [0.25, 0.3) is 0 Å². The molecule has 2 fully saturated rings. The molecule has 1 heterocycles. The lowest BCUT2D eigenvalue weighted by Gasteiger charge is -2.30. The van der Waals surface area contributed by atoms with Gasteiger partial charge in [-0.05, 0) is 31.6 Å². The zero-order valence-corrected chi connectivity index (χ0v) is 16.2. The van der Waals surface area contributed by atoms with Gasteiger partial charge >= 0.3 is 5.97 Å². The second-order valence-electron chi connectivity index (χ2n) is 7.91. The van der Waals surface area contributed by atoms with Crippen LogP contribution in [0.15, 0.2) is 4.52 Å². The van der Waals surface area contributed by atoms with Gasteiger partial charge < -0.3 is 20.3 Å². The fraction of sp³-hybridized carbons (Fsp3) is 0.737. The first-order chi connectivity index (χ1) is 13.4. The molecule has 2 aliphatic carbocycles. The van der Waals surface area contributed by atoms with E-state index < -0.39 is 17.6 Å². The number of aliphatic carboxylic acids is 1. The Morgan fingerprint density at radius 3 is 2.46 bits per heavy atom. The van der Waals surface area contributed by atoms with Gasteiger partial charge in [0.2, 0.25) is 17.7 Å². The van der Waals surface area contributed by atoms with Crippen molar-refractivity contribution in [1.29, 1.82) is 0 Å². The minimum atomic E-state index is -0.999. The standard InChI is InChI=1S/C19H28N4O5/c1-12(24)22-19(10-4-2-3-5-11-19)18-21-15(28-23-18)9-8-14(25)20-16(17(26)27)13-6-7-13/h13,16H,2-11H2,1H3,(H,20,25)(H,22,24)(H,26,27). The first kappa shape index (κ1) is 20.3. The summed E-state index contributed by atoms with van der Waals surface area (Å²) in [5, 5.41) is 18.9. The van der Waals surface area contributed by atoms with E-state index in [0.29, 0.717) is 11.7 Å². The molecule has 3 N–H and O–H groups in total. The van der Waals surface area contributed by atoms with Crippen molar-refractivity contribution >= 4 is 17.8 Å². The molecule has 0 saturated heterocycles. The summed E-state index contributed by atoms with van der Waals surface area (Å²) >= 11 is 0. The van der Waals surface area contributed by atoms with E-state index in [1.807, 2.05) is 0 Å². The molecule has 0 aliphatic heterocycles. The van der Waals surface area contributed by atoms with E-state index in [0.717, 1.165) is 51.4 Å². The zero-order valence-electron chi connectivity index (χ0n) is 16.2. The van der Waals surface area contributed by atoms with Crippen molar-refractivity contribution in [3.05, 3.63) is 11.7 Å². The lowest BCUT2D eigenvalue weighted by Crippen LogP contribution is -2.45. The molecule has 154 valence electrons. The topological polar surface area (TPSA) is 134 Å². The molecule has 1 unspecified atom stereocenters. The minimum Gasteiger partial charge on any atom is -0.480 e. The van der Waals surface area contributed by atoms with Crippen LogP contribution in [0.4, 0.5) is 0 Å². The Morgan fingerprint density at radius 2 is 1.89 bits per heavy atom. The van der Waals surface area contributed by atoms with Gasteiger partial charge in [-0.2, -0.15) is 4.98 Å². The normalized spacial score (nSPS) is 20.0. The number of carbonyl (C=O) groups is 3. The third kappa shape index (κ3) is 5.08. The van der Waals surface area contributed by atoms with E-state index in [1.165, 1.54) is 6.92 Å². The highest BCUT2D eigenvalue weighted by Gasteiger charge is 2.39. The lowest BCUT2D eigenvalue weighted by atomic mass is 9.89. The van der Waals surface area contributed by atoms with Gasteiger partial charge in [0.25, 0.3) is 0 Å². The molecule has 0 radical (unpaired) electrons. The summed E-state index contributed by atoms with van der Waals surface area (Å²) in [6.45, 7) is 1.48. The van der Waals surface area contributed by atoms with Gasteiger partial charge in [0, 0.05) is 19.8 Å². The molecule has 9 heteroatoms. The second kappa shape index (κ2) is 8.70. The van der Waals surface area contributed by atoms with Crippen LogP contribution in [0.3, 0.4) is 0 Å². The van der Waals surface area contributed by atoms with Gasteiger partial charge in [-0.15, -0.1) is 0 Å². The molecule has 1 aromatic heterocycles. The van der Waals surface area contributed by atoms with Gasteiger partial charge in [-0.1, -0.05) is 30.8 Å². The van der Waals surface area contributed by atoms with E-state index in [-0.39, 0.29) is 30.6 Å². The summed E-state index contributed by atoms with van der Waals surface area (Å²) in [7, 11) is 0. The quantitative estimate of drug-likeness (QED) is 0.573. The maximum absolute atomic E-state index is 12.1. The van der Waals surface area contributed by atoms with Crippen molar-refractivity contribution in [1.82, 2.24) is 20.8 Å². The molecule has 9 nitrogen and oxygen atoms in total. The van der Waals surface area contributed by atoms with E-state index in [1.54, 1.807) is 0 Å². The molecule has 0 bridgehead atoms. The Balaban J connectivity index is 1.61. The fourth-order valence-electron chi connectivity index (χ4n) is 3.90. The Morgan fingerprint density at radius 1 is 1.21 bits per heavy atom. The minimum absolute atomic E-state index is 0.0317. The molecule has 2 amide bonds. The first-order valence-electron chi connectivity index (χ1n) is 10.0. The smallest absolute Gasteiger partial charge is 0.326 e. The van der Waals surface area contributed by atoms with Crippen LogP contribution in [-0.2, 0) is 26.3 Å². The zero-order chi connectivity index (χ0) is 20.1. The lowest BCUT2D eigenvalue weighted by molar-refractivity contribution is -0.142. The van der Waals surface area contributed by atoms with Crippen molar-refractivity contribution in [2.45, 2.75) is 82.7 Å². The first-order valence-corrected chi connectivity index (χ1v) is 10.0. The van der Waals surface area contributed by atoms with Crippen LogP contribution in [-0.4, -0.2) is 39.1 Å². The van der Waals surface area contributed by atoms with Crippen LogP contribution < -0.4 is 10.6 Å². The summed E-state index contributed by atoms with van der Waals surface area (Å²) < 4.78 is 5.32. The Hall–Kier alpha value is -2.45. The van der Waals surface area contributed by atoms with Crippen LogP contribution in [0, 0.1) is 5.92 Å². The van der Waals surface area contributed by atoms with Gasteiger partial charge in [0.1, 0.15) is 11.6 Å². The summed E-state index contributed by atoms with van der Waals surface area (Å²) in [6, 6.07) is -0.820. The second-order valence-corrected chi connectivity index (χ2v) is 7.91. The van der Waals surface area contributed by atoms with Crippen molar-refractivity contribution in [2.75, 3.05) is 0 Å². The number of amides is 2. The Kier molecular flexibility index (Phi) is 6.31. The Labute approximate surface area is 163 Å². The molecule has 3 rings (SSSR count). The van der Waals surface area contributed by atoms with Crippen molar-refractivity contribution in [2.24, 2.45) is 5.92 Å². The van der Waals surface area contributed by atoms with E-state index in [9.17, 15) is 19.5 Å². The summed E-state index contributed by atoms with van der Waals surface area (Å²) in [4.78, 5) is 39.5. The Bertz CT molecular complexity index is 720. The number of carboxylic acid groups (broad SMARTS) is 1.